The zero-order valence-electron chi connectivity index (χ0n) is 17.4. The number of aliphatic imine (C=N–C) groups is 1. The molecule has 5 nitrogen and oxygen atoms in total. The highest BCUT2D eigenvalue weighted by atomic mass is 16.5. The highest BCUT2D eigenvalue weighted by Gasteiger charge is 2.56. The number of ether oxygens (including phenoxy) is 1. The number of nitrogens with two attached hydrogens (primary N) is 1. The first-order valence-electron chi connectivity index (χ1n) is 10.2. The average molecular weight is 382 g/mol. The van der Waals surface area contributed by atoms with Crippen molar-refractivity contribution in [3.63, 3.8) is 0 Å². The van der Waals surface area contributed by atoms with Crippen molar-refractivity contribution in [1.82, 2.24) is 4.90 Å². The van der Waals surface area contributed by atoms with Gasteiger partial charge in [0, 0.05) is 20.3 Å². The summed E-state index contributed by atoms with van der Waals surface area (Å²) in [6.07, 6.45) is 7.96. The first-order valence-corrected chi connectivity index (χ1v) is 10.2. The van der Waals surface area contributed by atoms with Crippen LogP contribution in [-0.2, 0) is 21.5 Å². The van der Waals surface area contributed by atoms with Crippen LogP contribution < -0.4 is 5.73 Å². The van der Waals surface area contributed by atoms with Gasteiger partial charge in [-0.2, -0.15) is 0 Å². The van der Waals surface area contributed by atoms with Gasteiger partial charge in [-0.25, -0.2) is 4.99 Å². The van der Waals surface area contributed by atoms with E-state index in [0.717, 1.165) is 43.6 Å². The first kappa shape index (κ1) is 19.2. The second kappa shape index (κ2) is 6.45. The van der Waals surface area contributed by atoms with E-state index in [1.165, 1.54) is 10.5 Å². The summed E-state index contributed by atoms with van der Waals surface area (Å²) in [7, 11) is 1.73. The Balaban J connectivity index is 1.84. The van der Waals surface area contributed by atoms with Gasteiger partial charge in [0.1, 0.15) is 0 Å². The van der Waals surface area contributed by atoms with Crippen molar-refractivity contribution in [2.75, 3.05) is 20.3 Å². The Bertz CT molecular complexity index is 859. The fraction of sp³-hybridized carbons (Fsp3) is 0.565. The van der Waals surface area contributed by atoms with Gasteiger partial charge < -0.3 is 10.5 Å². The summed E-state index contributed by atoms with van der Waals surface area (Å²) < 4.78 is 5.62. The molecule has 28 heavy (non-hydrogen) atoms. The number of hydrogen-bond acceptors (Lipinski definition) is 4. The van der Waals surface area contributed by atoms with E-state index in [0.29, 0.717) is 12.4 Å². The maximum atomic E-state index is 13.4. The van der Waals surface area contributed by atoms with E-state index in [2.05, 4.69) is 51.1 Å². The summed E-state index contributed by atoms with van der Waals surface area (Å²) in [5, 5.41) is 0. The Morgan fingerprint density at radius 1 is 1.25 bits per heavy atom. The van der Waals surface area contributed by atoms with Gasteiger partial charge in [0.15, 0.2) is 11.5 Å². The predicted molar refractivity (Wildman–Crippen MR) is 112 cm³/mol. The molecule has 2 heterocycles. The van der Waals surface area contributed by atoms with Gasteiger partial charge >= 0.3 is 0 Å². The third-order valence-electron chi connectivity index (χ3n) is 6.41. The van der Waals surface area contributed by atoms with Crippen molar-refractivity contribution in [1.29, 1.82) is 0 Å². The number of amides is 1. The molecule has 2 spiro atoms. The van der Waals surface area contributed by atoms with Crippen LogP contribution in [0.15, 0.2) is 29.3 Å². The average Bonchev–Trinajstić information content (AvgIpc) is 2.84. The van der Waals surface area contributed by atoms with Crippen molar-refractivity contribution < 1.29 is 9.53 Å². The van der Waals surface area contributed by atoms with Gasteiger partial charge in [0.25, 0.3) is 5.91 Å². The van der Waals surface area contributed by atoms with E-state index in [1.54, 1.807) is 7.05 Å². The third-order valence-corrected chi connectivity index (χ3v) is 6.41. The number of allylic oxidation sites excluding steroid dienone is 1. The Morgan fingerprint density at radius 2 is 1.96 bits per heavy atom. The quantitative estimate of drug-likeness (QED) is 0.810. The number of carbonyl (C=O) groups excluding carboxylic acids is 1. The van der Waals surface area contributed by atoms with E-state index in [4.69, 9.17) is 15.5 Å². The summed E-state index contributed by atoms with van der Waals surface area (Å²) in [5.74, 6) is 0.310. The number of carbonyl (C=O) groups is 1. The zero-order chi connectivity index (χ0) is 20.2. The van der Waals surface area contributed by atoms with Gasteiger partial charge in [0.05, 0.1) is 0 Å². The lowest BCUT2D eigenvalue weighted by atomic mass is 9.60. The Kier molecular flexibility index (Phi) is 4.42. The van der Waals surface area contributed by atoms with Crippen LogP contribution in [0.3, 0.4) is 0 Å². The van der Waals surface area contributed by atoms with E-state index in [1.807, 2.05) is 0 Å². The fourth-order valence-corrected chi connectivity index (χ4v) is 4.84. The number of benzene rings is 1. The normalized spacial score (nSPS) is 26.9. The highest BCUT2D eigenvalue weighted by molar-refractivity contribution is 6.07. The van der Waals surface area contributed by atoms with Crippen molar-refractivity contribution in [3.8, 4) is 0 Å². The van der Waals surface area contributed by atoms with Crippen molar-refractivity contribution in [2.45, 2.75) is 52.0 Å². The lowest BCUT2D eigenvalue weighted by Gasteiger charge is -2.47. The van der Waals surface area contributed by atoms with Crippen molar-refractivity contribution in [2.24, 2.45) is 21.6 Å². The maximum absolute atomic E-state index is 13.4. The SMILES string of the molecule is CN1C(=O)C2(CC3(CCOCC3)Cc3ccc(C=CC(C)(C)C)cc32)N=C1N. The van der Waals surface area contributed by atoms with Crippen LogP contribution >= 0.6 is 0 Å². The molecule has 1 aromatic rings. The lowest BCUT2D eigenvalue weighted by Crippen LogP contribution is -2.49. The minimum Gasteiger partial charge on any atom is -0.381 e. The number of fused-ring (bicyclic) bond motifs is 2. The van der Waals surface area contributed by atoms with E-state index >= 15 is 0 Å². The molecule has 2 N–H and O–H groups in total. The van der Waals surface area contributed by atoms with E-state index in [9.17, 15) is 4.79 Å². The van der Waals surface area contributed by atoms with Gasteiger partial charge in [-0.15, -0.1) is 0 Å². The molecule has 1 saturated heterocycles. The Labute approximate surface area is 167 Å². The largest absolute Gasteiger partial charge is 0.381 e. The number of guanidine groups is 1. The molecule has 1 fully saturated rings. The molecule has 0 aromatic heterocycles. The van der Waals surface area contributed by atoms with Crippen LogP contribution in [0, 0.1) is 10.8 Å². The Morgan fingerprint density at radius 3 is 2.57 bits per heavy atom. The topological polar surface area (TPSA) is 67.9 Å². The highest BCUT2D eigenvalue weighted by Crippen LogP contribution is 2.53. The summed E-state index contributed by atoms with van der Waals surface area (Å²) in [4.78, 5) is 19.7. The zero-order valence-corrected chi connectivity index (χ0v) is 17.4. The molecular weight excluding hydrogens is 350 g/mol. The summed E-state index contributed by atoms with van der Waals surface area (Å²) in [6, 6.07) is 6.49. The monoisotopic (exact) mass is 381 g/mol. The van der Waals surface area contributed by atoms with Crippen LogP contribution in [0.25, 0.3) is 6.08 Å². The standard InChI is InChI=1S/C23H31N3O2/c1-21(2,3)8-7-16-5-6-17-14-22(9-11-28-12-10-22)15-23(18(17)13-16)19(27)26(4)20(24)25-23/h5-8,13H,9-12,14-15H2,1-4H3,(H2,24,25). The number of hydrogen-bond donors (Lipinski definition) is 1. The van der Waals surface area contributed by atoms with Gasteiger partial charge in [0.2, 0.25) is 0 Å². The second-order valence-corrected chi connectivity index (χ2v) is 9.78. The van der Waals surface area contributed by atoms with Crippen LogP contribution in [0.4, 0.5) is 0 Å². The van der Waals surface area contributed by atoms with Crippen molar-refractivity contribution in [3.05, 3.63) is 41.0 Å². The molecule has 1 amide bonds. The molecule has 2 aliphatic heterocycles. The number of nitrogens with zero attached hydrogens (tertiary/aromatic N) is 2. The van der Waals surface area contributed by atoms with Gasteiger partial charge in [-0.05, 0) is 59.3 Å². The van der Waals surface area contributed by atoms with Crippen LogP contribution in [0.1, 0.15) is 56.7 Å². The van der Waals surface area contributed by atoms with E-state index in [-0.39, 0.29) is 16.7 Å². The maximum Gasteiger partial charge on any atom is 0.261 e. The molecule has 1 atom stereocenters. The number of rotatable bonds is 1. The number of likely N-dealkylation sites (N-methyl/N-ethyl adjacent to an activating group) is 1. The molecule has 1 aliphatic carbocycles. The first-order chi connectivity index (χ1) is 13.1. The molecule has 0 bridgehead atoms. The molecule has 0 saturated carbocycles. The smallest absolute Gasteiger partial charge is 0.261 e. The van der Waals surface area contributed by atoms with Crippen LogP contribution in [0.2, 0.25) is 0 Å². The lowest BCUT2D eigenvalue weighted by molar-refractivity contribution is -0.133. The minimum atomic E-state index is -0.894. The van der Waals surface area contributed by atoms with Gasteiger partial charge in [-0.3, -0.25) is 9.69 Å². The summed E-state index contributed by atoms with van der Waals surface area (Å²) >= 11 is 0. The molecular formula is C23H31N3O2. The predicted octanol–water partition coefficient (Wildman–Crippen LogP) is 3.47. The molecule has 3 aliphatic rings. The Hall–Kier alpha value is -2.14. The molecule has 4 rings (SSSR count). The van der Waals surface area contributed by atoms with Crippen LogP contribution in [-0.4, -0.2) is 37.0 Å². The second-order valence-electron chi connectivity index (χ2n) is 9.78. The molecule has 150 valence electrons. The van der Waals surface area contributed by atoms with E-state index < -0.39 is 5.54 Å². The van der Waals surface area contributed by atoms with Gasteiger partial charge in [-0.1, -0.05) is 45.1 Å². The minimum absolute atomic E-state index is 0.00577. The summed E-state index contributed by atoms with van der Waals surface area (Å²) in [6.45, 7) is 8.04. The summed E-state index contributed by atoms with van der Waals surface area (Å²) in [5.41, 5.74) is 8.74. The van der Waals surface area contributed by atoms with Crippen LogP contribution in [0.5, 0.6) is 0 Å². The molecule has 0 radical (unpaired) electrons. The van der Waals surface area contributed by atoms with Crippen molar-refractivity contribution >= 4 is 17.9 Å². The third kappa shape index (κ3) is 3.16. The molecule has 1 unspecified atom stereocenters. The molecule has 5 heteroatoms. The fourth-order valence-electron chi connectivity index (χ4n) is 4.84. The molecule has 1 aromatic carbocycles.